The lowest BCUT2D eigenvalue weighted by Gasteiger charge is -2.10. The van der Waals surface area contributed by atoms with Crippen LogP contribution >= 0.6 is 11.6 Å². The van der Waals surface area contributed by atoms with E-state index in [1.54, 1.807) is 38.3 Å². The third kappa shape index (κ3) is 3.64. The van der Waals surface area contributed by atoms with E-state index in [1.165, 1.54) is 0 Å². The average Bonchev–Trinajstić information content (AvgIpc) is 3.12. The van der Waals surface area contributed by atoms with Gasteiger partial charge in [-0.2, -0.15) is 4.98 Å². The SMILES string of the molecule is COc1ccccc1-c1noc(C(C)NC(=O)c2ccccc2Cl)n1. The molecule has 1 heterocycles. The molecule has 0 aliphatic carbocycles. The molecule has 25 heavy (non-hydrogen) atoms. The average molecular weight is 358 g/mol. The highest BCUT2D eigenvalue weighted by atomic mass is 35.5. The lowest BCUT2D eigenvalue weighted by molar-refractivity contribution is 0.0932. The summed E-state index contributed by atoms with van der Waals surface area (Å²) in [4.78, 5) is 16.7. The minimum Gasteiger partial charge on any atom is -0.496 e. The fourth-order valence-corrected chi connectivity index (χ4v) is 2.55. The van der Waals surface area contributed by atoms with E-state index >= 15 is 0 Å². The van der Waals surface area contributed by atoms with Crippen LogP contribution in [0.15, 0.2) is 53.1 Å². The maximum Gasteiger partial charge on any atom is 0.253 e. The van der Waals surface area contributed by atoms with Crippen molar-refractivity contribution < 1.29 is 14.1 Å². The zero-order valence-corrected chi connectivity index (χ0v) is 14.4. The molecule has 0 spiro atoms. The molecule has 1 N–H and O–H groups in total. The first kappa shape index (κ1) is 17.0. The third-order valence-corrected chi connectivity index (χ3v) is 3.96. The van der Waals surface area contributed by atoms with Gasteiger partial charge in [0.25, 0.3) is 5.91 Å². The van der Waals surface area contributed by atoms with E-state index in [4.69, 9.17) is 20.9 Å². The predicted molar refractivity (Wildman–Crippen MR) is 93.6 cm³/mol. The standard InChI is InChI=1S/C18H16ClN3O3/c1-11(20-17(23)12-7-3-5-9-14(12)19)18-21-16(22-25-18)13-8-4-6-10-15(13)24-2/h3-11H,1-2H3,(H,20,23). The zero-order chi connectivity index (χ0) is 17.8. The number of hydrogen-bond donors (Lipinski definition) is 1. The summed E-state index contributed by atoms with van der Waals surface area (Å²) in [6, 6.07) is 13.7. The molecular formula is C18H16ClN3O3. The number of carbonyl (C=O) groups excluding carboxylic acids is 1. The minimum atomic E-state index is -0.472. The van der Waals surface area contributed by atoms with Gasteiger partial charge >= 0.3 is 0 Å². The van der Waals surface area contributed by atoms with Crippen LogP contribution in [-0.4, -0.2) is 23.2 Å². The molecule has 0 saturated carbocycles. The number of methoxy groups -OCH3 is 1. The summed E-state index contributed by atoms with van der Waals surface area (Å²) < 4.78 is 10.6. The van der Waals surface area contributed by atoms with Gasteiger partial charge in [-0.15, -0.1) is 0 Å². The van der Waals surface area contributed by atoms with Crippen molar-refractivity contribution in [2.24, 2.45) is 0 Å². The van der Waals surface area contributed by atoms with Crippen LogP contribution in [0.5, 0.6) is 5.75 Å². The van der Waals surface area contributed by atoms with Gasteiger partial charge < -0.3 is 14.6 Å². The van der Waals surface area contributed by atoms with Gasteiger partial charge in [0, 0.05) is 0 Å². The fraction of sp³-hybridized carbons (Fsp3) is 0.167. The summed E-state index contributed by atoms with van der Waals surface area (Å²) >= 11 is 6.04. The Kier molecular flexibility index (Phi) is 5.00. The highest BCUT2D eigenvalue weighted by molar-refractivity contribution is 6.33. The molecule has 6 nitrogen and oxygen atoms in total. The van der Waals surface area contributed by atoms with E-state index in [2.05, 4.69) is 15.5 Å². The van der Waals surface area contributed by atoms with Crippen molar-refractivity contribution in [2.75, 3.05) is 7.11 Å². The second kappa shape index (κ2) is 7.36. The van der Waals surface area contributed by atoms with Crippen LogP contribution in [-0.2, 0) is 0 Å². The minimum absolute atomic E-state index is 0.293. The molecule has 0 radical (unpaired) electrons. The normalized spacial score (nSPS) is 11.8. The summed E-state index contributed by atoms with van der Waals surface area (Å²) in [6.07, 6.45) is 0. The molecule has 2 aromatic carbocycles. The summed E-state index contributed by atoms with van der Waals surface area (Å²) in [5.41, 5.74) is 1.10. The summed E-state index contributed by atoms with van der Waals surface area (Å²) in [6.45, 7) is 1.76. The van der Waals surface area contributed by atoms with Crippen molar-refractivity contribution in [1.29, 1.82) is 0 Å². The van der Waals surface area contributed by atoms with Gasteiger partial charge in [0.15, 0.2) is 0 Å². The second-order valence-electron chi connectivity index (χ2n) is 5.33. The van der Waals surface area contributed by atoms with Gasteiger partial charge in [0.2, 0.25) is 11.7 Å². The summed E-state index contributed by atoms with van der Waals surface area (Å²) in [5, 5.41) is 7.15. The van der Waals surface area contributed by atoms with Gasteiger partial charge in [-0.25, -0.2) is 0 Å². The van der Waals surface area contributed by atoms with Crippen molar-refractivity contribution >= 4 is 17.5 Å². The van der Waals surface area contributed by atoms with Crippen molar-refractivity contribution in [3.8, 4) is 17.1 Å². The first-order valence-electron chi connectivity index (χ1n) is 7.62. The molecular weight excluding hydrogens is 342 g/mol. The first-order chi connectivity index (χ1) is 12.1. The highest BCUT2D eigenvalue weighted by Gasteiger charge is 2.20. The van der Waals surface area contributed by atoms with Crippen LogP contribution < -0.4 is 10.1 Å². The zero-order valence-electron chi connectivity index (χ0n) is 13.7. The topological polar surface area (TPSA) is 77.3 Å². The summed E-state index contributed by atoms with van der Waals surface area (Å²) in [5.74, 6) is 1.02. The molecule has 0 saturated heterocycles. The van der Waals surface area contributed by atoms with Crippen molar-refractivity contribution in [3.63, 3.8) is 0 Å². The molecule has 128 valence electrons. The number of hydrogen-bond acceptors (Lipinski definition) is 5. The van der Waals surface area contributed by atoms with Crippen LogP contribution in [0.25, 0.3) is 11.4 Å². The Hall–Kier alpha value is -2.86. The Bertz CT molecular complexity index is 895. The largest absolute Gasteiger partial charge is 0.496 e. The van der Waals surface area contributed by atoms with Crippen LogP contribution in [0.3, 0.4) is 0 Å². The van der Waals surface area contributed by atoms with Crippen LogP contribution in [0.1, 0.15) is 29.2 Å². The number of ether oxygens (including phenoxy) is 1. The Morgan fingerprint density at radius 1 is 1.20 bits per heavy atom. The fourth-order valence-electron chi connectivity index (χ4n) is 2.33. The monoisotopic (exact) mass is 357 g/mol. The molecule has 0 aliphatic rings. The smallest absolute Gasteiger partial charge is 0.253 e. The number of para-hydroxylation sites is 1. The number of carbonyl (C=O) groups is 1. The maximum absolute atomic E-state index is 12.3. The van der Waals surface area contributed by atoms with E-state index in [1.807, 2.05) is 24.3 Å². The molecule has 3 rings (SSSR count). The number of nitrogens with zero attached hydrogens (tertiary/aromatic N) is 2. The number of benzene rings is 2. The maximum atomic E-state index is 12.3. The Morgan fingerprint density at radius 3 is 2.68 bits per heavy atom. The van der Waals surface area contributed by atoms with Crippen LogP contribution in [0.4, 0.5) is 0 Å². The molecule has 3 aromatic rings. The van der Waals surface area contributed by atoms with E-state index < -0.39 is 6.04 Å². The lowest BCUT2D eigenvalue weighted by Crippen LogP contribution is -2.27. The van der Waals surface area contributed by atoms with Crippen molar-refractivity contribution in [1.82, 2.24) is 15.5 Å². The molecule has 1 atom stereocenters. The number of amides is 1. The lowest BCUT2D eigenvalue weighted by atomic mass is 10.2. The molecule has 0 bridgehead atoms. The number of halogens is 1. The molecule has 7 heteroatoms. The number of aromatic nitrogens is 2. The quantitative estimate of drug-likeness (QED) is 0.749. The van der Waals surface area contributed by atoms with E-state index in [9.17, 15) is 4.79 Å². The summed E-state index contributed by atoms with van der Waals surface area (Å²) in [7, 11) is 1.58. The van der Waals surface area contributed by atoms with Gasteiger partial charge in [-0.05, 0) is 31.2 Å². The molecule has 1 amide bonds. The van der Waals surface area contributed by atoms with E-state index in [0.717, 1.165) is 0 Å². The number of nitrogens with one attached hydrogen (secondary N) is 1. The Morgan fingerprint density at radius 2 is 1.92 bits per heavy atom. The third-order valence-electron chi connectivity index (χ3n) is 3.63. The van der Waals surface area contributed by atoms with Gasteiger partial charge in [0.05, 0.1) is 23.3 Å². The van der Waals surface area contributed by atoms with E-state index in [0.29, 0.717) is 33.6 Å². The van der Waals surface area contributed by atoms with Gasteiger partial charge in [-0.1, -0.05) is 41.0 Å². The number of rotatable bonds is 5. The molecule has 0 aliphatic heterocycles. The van der Waals surface area contributed by atoms with E-state index in [-0.39, 0.29) is 5.91 Å². The predicted octanol–water partition coefficient (Wildman–Crippen LogP) is 3.89. The molecule has 1 unspecified atom stereocenters. The molecule has 0 fully saturated rings. The van der Waals surface area contributed by atoms with Gasteiger partial charge in [0.1, 0.15) is 11.8 Å². The van der Waals surface area contributed by atoms with Gasteiger partial charge in [-0.3, -0.25) is 4.79 Å². The molecule has 1 aromatic heterocycles. The highest BCUT2D eigenvalue weighted by Crippen LogP contribution is 2.28. The Labute approximate surface area is 149 Å². The van der Waals surface area contributed by atoms with Crippen LogP contribution in [0.2, 0.25) is 5.02 Å². The first-order valence-corrected chi connectivity index (χ1v) is 8.00. The second-order valence-corrected chi connectivity index (χ2v) is 5.74. The Balaban J connectivity index is 1.78. The van der Waals surface area contributed by atoms with Crippen LogP contribution in [0, 0.1) is 0 Å². The van der Waals surface area contributed by atoms with Crippen molar-refractivity contribution in [3.05, 3.63) is 65.0 Å². The van der Waals surface area contributed by atoms with Crippen molar-refractivity contribution in [2.45, 2.75) is 13.0 Å².